The van der Waals surface area contributed by atoms with E-state index in [1.165, 1.54) is 0 Å². The number of rotatable bonds is 4. The molecule has 0 aromatic heterocycles. The van der Waals surface area contributed by atoms with Gasteiger partial charge in [0.15, 0.2) is 0 Å². The van der Waals surface area contributed by atoms with Crippen molar-refractivity contribution >= 4 is 17.5 Å². The molecule has 1 heterocycles. The van der Waals surface area contributed by atoms with Crippen LogP contribution in [-0.4, -0.2) is 18.4 Å². The Bertz CT molecular complexity index is 896. The highest BCUT2D eigenvalue weighted by Crippen LogP contribution is 2.35. The van der Waals surface area contributed by atoms with E-state index in [2.05, 4.69) is 10.6 Å². The molecule has 134 valence electrons. The molecule has 1 unspecified atom stereocenters. The topological polar surface area (TPSA) is 67.4 Å². The Morgan fingerprint density at radius 1 is 1.12 bits per heavy atom. The molecule has 2 N–H and O–H groups in total. The molecule has 0 bridgehead atoms. The second kappa shape index (κ2) is 6.40. The van der Waals surface area contributed by atoms with E-state index in [-0.39, 0.29) is 29.7 Å². The molecule has 2 amide bonds. The number of anilines is 1. The van der Waals surface area contributed by atoms with Gasteiger partial charge in [0.2, 0.25) is 5.91 Å². The quantitative estimate of drug-likeness (QED) is 0.882. The lowest BCUT2D eigenvalue weighted by molar-refractivity contribution is -0.117. The number of hydrogen-bond acceptors (Lipinski definition) is 3. The van der Waals surface area contributed by atoms with Gasteiger partial charge >= 0.3 is 0 Å². The summed E-state index contributed by atoms with van der Waals surface area (Å²) >= 11 is 0. The molecule has 1 saturated carbocycles. The Hall–Kier alpha value is -2.96. The zero-order chi connectivity index (χ0) is 18.3. The fourth-order valence-corrected chi connectivity index (χ4v) is 2.96. The van der Waals surface area contributed by atoms with Crippen LogP contribution < -0.4 is 15.4 Å². The first kappa shape index (κ1) is 16.5. The molecule has 1 fully saturated rings. The van der Waals surface area contributed by atoms with E-state index in [9.17, 15) is 18.4 Å². The van der Waals surface area contributed by atoms with Crippen LogP contribution in [0.25, 0.3) is 0 Å². The molecule has 1 aliphatic carbocycles. The monoisotopic (exact) mass is 358 g/mol. The van der Waals surface area contributed by atoms with Crippen molar-refractivity contribution < 1.29 is 23.1 Å². The molecule has 2 aromatic carbocycles. The van der Waals surface area contributed by atoms with Crippen LogP contribution in [-0.2, 0) is 4.79 Å². The summed E-state index contributed by atoms with van der Waals surface area (Å²) in [5.41, 5.74) is 0.999. The average Bonchev–Trinajstić information content (AvgIpc) is 3.38. The van der Waals surface area contributed by atoms with Crippen LogP contribution in [0.3, 0.4) is 0 Å². The highest BCUT2D eigenvalue weighted by Gasteiger charge is 2.31. The first-order valence-electron chi connectivity index (χ1n) is 8.35. The molecule has 5 nitrogen and oxygen atoms in total. The number of benzene rings is 2. The number of amides is 2. The molecule has 7 heteroatoms. The Kier molecular flexibility index (Phi) is 4.06. The summed E-state index contributed by atoms with van der Waals surface area (Å²) in [6.07, 6.45) is 1.78. The van der Waals surface area contributed by atoms with Crippen LogP contribution in [0, 0.1) is 17.6 Å². The van der Waals surface area contributed by atoms with E-state index >= 15 is 0 Å². The van der Waals surface area contributed by atoms with E-state index < -0.39 is 23.6 Å². The second-order valence-electron chi connectivity index (χ2n) is 6.48. The summed E-state index contributed by atoms with van der Waals surface area (Å²) in [6.45, 7) is 0.0273. The molecule has 4 rings (SSSR count). The highest BCUT2D eigenvalue weighted by atomic mass is 19.1. The molecular weight excluding hydrogens is 342 g/mol. The lowest BCUT2D eigenvalue weighted by Crippen LogP contribution is -2.30. The average molecular weight is 358 g/mol. The van der Waals surface area contributed by atoms with E-state index in [0.717, 1.165) is 25.0 Å². The number of carbonyl (C=O) groups excluding carboxylic acids is 2. The van der Waals surface area contributed by atoms with Crippen molar-refractivity contribution in [3.63, 3.8) is 0 Å². The molecule has 1 aliphatic heterocycles. The summed E-state index contributed by atoms with van der Waals surface area (Å²) in [7, 11) is 0. The minimum Gasteiger partial charge on any atom is -0.490 e. The lowest BCUT2D eigenvalue weighted by atomic mass is 10.1. The van der Waals surface area contributed by atoms with Crippen LogP contribution in [0.2, 0.25) is 0 Å². The van der Waals surface area contributed by atoms with Crippen molar-refractivity contribution in [1.82, 2.24) is 5.32 Å². The molecule has 0 saturated heterocycles. The standard InChI is InChI=1S/C19H16F2N2O3/c20-12-7-14(21)17-15(9-26-16(17)8-12)23-19(25)11-2-1-3-13(6-11)22-18(24)10-4-5-10/h1-3,6-8,10,15H,4-5,9H2,(H,22,24)(H,23,25). The van der Waals surface area contributed by atoms with Gasteiger partial charge in [-0.3, -0.25) is 9.59 Å². The summed E-state index contributed by atoms with van der Waals surface area (Å²) in [4.78, 5) is 24.3. The van der Waals surface area contributed by atoms with Gasteiger partial charge in [-0.25, -0.2) is 8.78 Å². The predicted octanol–water partition coefficient (Wildman–Crippen LogP) is 3.18. The first-order valence-corrected chi connectivity index (χ1v) is 8.35. The maximum Gasteiger partial charge on any atom is 0.251 e. The van der Waals surface area contributed by atoms with Crippen molar-refractivity contribution in [3.05, 3.63) is 59.2 Å². The zero-order valence-corrected chi connectivity index (χ0v) is 13.7. The van der Waals surface area contributed by atoms with E-state index in [0.29, 0.717) is 11.3 Å². The maximum atomic E-state index is 14.0. The third kappa shape index (κ3) is 3.24. The van der Waals surface area contributed by atoms with E-state index in [4.69, 9.17) is 4.74 Å². The SMILES string of the molecule is O=C(NC1COc2cc(F)cc(F)c21)c1cccc(NC(=O)C2CC2)c1. The van der Waals surface area contributed by atoms with Crippen molar-refractivity contribution in [1.29, 1.82) is 0 Å². The van der Waals surface area contributed by atoms with Gasteiger partial charge in [-0.1, -0.05) is 6.07 Å². The molecule has 26 heavy (non-hydrogen) atoms. The lowest BCUT2D eigenvalue weighted by Gasteiger charge is -2.13. The van der Waals surface area contributed by atoms with Crippen molar-refractivity contribution in [2.45, 2.75) is 18.9 Å². The number of carbonyl (C=O) groups is 2. The minimum atomic E-state index is -0.756. The summed E-state index contributed by atoms with van der Waals surface area (Å²) in [5, 5.41) is 5.47. The largest absolute Gasteiger partial charge is 0.490 e. The van der Waals surface area contributed by atoms with Gasteiger partial charge in [-0.2, -0.15) is 0 Å². The summed E-state index contributed by atoms with van der Waals surface area (Å²) in [6, 6.07) is 7.68. The van der Waals surface area contributed by atoms with Gasteiger partial charge in [-0.15, -0.1) is 0 Å². The molecule has 2 aromatic rings. The van der Waals surface area contributed by atoms with Gasteiger partial charge in [0.1, 0.15) is 24.0 Å². The summed E-state index contributed by atoms with van der Waals surface area (Å²) < 4.78 is 32.5. The smallest absolute Gasteiger partial charge is 0.251 e. The Morgan fingerprint density at radius 3 is 2.69 bits per heavy atom. The predicted molar refractivity (Wildman–Crippen MR) is 89.9 cm³/mol. The third-order valence-corrected chi connectivity index (χ3v) is 4.46. The van der Waals surface area contributed by atoms with Gasteiger partial charge in [-0.05, 0) is 31.0 Å². The fraction of sp³-hybridized carbons (Fsp3) is 0.263. The van der Waals surface area contributed by atoms with Crippen LogP contribution >= 0.6 is 0 Å². The second-order valence-corrected chi connectivity index (χ2v) is 6.48. The molecule has 0 radical (unpaired) electrons. The number of nitrogens with one attached hydrogen (secondary N) is 2. The highest BCUT2D eigenvalue weighted by molar-refractivity contribution is 5.98. The Labute approximate surface area is 148 Å². The zero-order valence-electron chi connectivity index (χ0n) is 13.7. The van der Waals surface area contributed by atoms with E-state index in [1.54, 1.807) is 24.3 Å². The number of halogens is 2. The van der Waals surface area contributed by atoms with Gasteiger partial charge in [0.25, 0.3) is 5.91 Å². The molecule has 1 atom stereocenters. The Balaban J connectivity index is 1.49. The van der Waals surface area contributed by atoms with Crippen molar-refractivity contribution in [3.8, 4) is 5.75 Å². The molecule has 2 aliphatic rings. The van der Waals surface area contributed by atoms with E-state index in [1.807, 2.05) is 0 Å². The van der Waals surface area contributed by atoms with Gasteiger partial charge in [0.05, 0.1) is 11.6 Å². The van der Waals surface area contributed by atoms with Crippen molar-refractivity contribution in [2.24, 2.45) is 5.92 Å². The van der Waals surface area contributed by atoms with Gasteiger partial charge < -0.3 is 15.4 Å². The molecular formula is C19H16F2N2O3. The number of hydrogen-bond donors (Lipinski definition) is 2. The van der Waals surface area contributed by atoms with Crippen LogP contribution in [0.15, 0.2) is 36.4 Å². The van der Waals surface area contributed by atoms with Crippen LogP contribution in [0.5, 0.6) is 5.75 Å². The van der Waals surface area contributed by atoms with Crippen LogP contribution in [0.1, 0.15) is 34.8 Å². The minimum absolute atomic E-state index is 0.0273. The normalized spacial score (nSPS) is 18.0. The van der Waals surface area contributed by atoms with Crippen molar-refractivity contribution in [2.75, 3.05) is 11.9 Å². The Morgan fingerprint density at radius 2 is 1.92 bits per heavy atom. The number of ether oxygens (including phenoxy) is 1. The van der Waals surface area contributed by atoms with Gasteiger partial charge in [0, 0.05) is 29.3 Å². The summed E-state index contributed by atoms with van der Waals surface area (Å²) in [5.74, 6) is -1.82. The molecule has 0 spiro atoms. The maximum absolute atomic E-state index is 14.0. The first-order chi connectivity index (χ1) is 12.5. The third-order valence-electron chi connectivity index (χ3n) is 4.46. The number of fused-ring (bicyclic) bond motifs is 1. The van der Waals surface area contributed by atoms with Crippen LogP contribution in [0.4, 0.5) is 14.5 Å². The fourth-order valence-electron chi connectivity index (χ4n) is 2.96.